The molecular weight excluding hydrogens is 490 g/mol. The minimum atomic E-state index is -3.53. The van der Waals surface area contributed by atoms with Gasteiger partial charge in [0.25, 0.3) is 0 Å². The quantitative estimate of drug-likeness (QED) is 0.369. The molecule has 0 saturated heterocycles. The molecule has 2 aromatic rings. The Morgan fingerprint density at radius 1 is 1.05 bits per heavy atom. The van der Waals surface area contributed by atoms with Crippen molar-refractivity contribution in [1.82, 2.24) is 10.2 Å². The molecule has 2 amide bonds. The molecule has 0 saturated carbocycles. The molecule has 0 spiro atoms. The van der Waals surface area contributed by atoms with Crippen LogP contribution in [-0.2, 0) is 26.2 Å². The van der Waals surface area contributed by atoms with Gasteiger partial charge in [0.2, 0.25) is 21.8 Å². The van der Waals surface area contributed by atoms with Gasteiger partial charge in [-0.15, -0.1) is 0 Å². The number of ether oxygens (including phenoxy) is 1. The SMILES string of the molecule is CCCCNC(=O)[C@H](C)N(Cc1cccc(OC)c1)C(=O)CCCN(c1ccc(C)c(C)c1)S(C)(=O)=O. The molecule has 0 fully saturated rings. The van der Waals surface area contributed by atoms with Crippen LogP contribution in [-0.4, -0.2) is 57.6 Å². The fourth-order valence-corrected chi connectivity index (χ4v) is 4.93. The number of hydrogen-bond acceptors (Lipinski definition) is 5. The van der Waals surface area contributed by atoms with Crippen LogP contribution in [0.4, 0.5) is 5.69 Å². The number of sulfonamides is 1. The Hall–Kier alpha value is -3.07. The molecule has 8 nitrogen and oxygen atoms in total. The number of benzene rings is 2. The van der Waals surface area contributed by atoms with Crippen LogP contribution in [0.1, 0.15) is 56.2 Å². The second-order valence-electron chi connectivity index (χ2n) is 9.40. The van der Waals surface area contributed by atoms with Gasteiger partial charge in [0.05, 0.1) is 19.1 Å². The van der Waals surface area contributed by atoms with E-state index in [0.29, 0.717) is 24.4 Å². The first-order valence-corrected chi connectivity index (χ1v) is 14.6. The molecule has 0 aliphatic rings. The van der Waals surface area contributed by atoms with Crippen molar-refractivity contribution in [2.24, 2.45) is 0 Å². The van der Waals surface area contributed by atoms with Crippen molar-refractivity contribution in [3.05, 3.63) is 59.2 Å². The van der Waals surface area contributed by atoms with E-state index in [1.165, 1.54) is 10.6 Å². The Balaban J connectivity index is 2.18. The Labute approximate surface area is 222 Å². The van der Waals surface area contributed by atoms with Crippen LogP contribution in [0.5, 0.6) is 5.75 Å². The number of nitrogens with one attached hydrogen (secondary N) is 1. The molecule has 1 atom stereocenters. The van der Waals surface area contributed by atoms with Crippen molar-refractivity contribution in [3.8, 4) is 5.75 Å². The third kappa shape index (κ3) is 9.07. The summed E-state index contributed by atoms with van der Waals surface area (Å²) in [6, 6.07) is 12.2. The van der Waals surface area contributed by atoms with E-state index in [2.05, 4.69) is 5.32 Å². The highest BCUT2D eigenvalue weighted by atomic mass is 32.2. The van der Waals surface area contributed by atoms with Gasteiger partial charge in [-0.2, -0.15) is 0 Å². The maximum absolute atomic E-state index is 13.4. The standard InChI is InChI=1S/C28H41N3O5S/c1-7-8-16-29-28(33)23(4)30(20-24-11-9-12-26(19-24)36-5)27(32)13-10-17-31(37(6,34)35)25-15-14-21(2)22(3)18-25/h9,11-12,14-15,18-19,23H,7-8,10,13,16-17,20H2,1-6H3,(H,29,33)/t23-/m0/s1. The van der Waals surface area contributed by atoms with E-state index < -0.39 is 16.1 Å². The van der Waals surface area contributed by atoms with Gasteiger partial charge in [-0.1, -0.05) is 31.5 Å². The molecule has 0 unspecified atom stereocenters. The second kappa shape index (κ2) is 14.0. The molecule has 0 bridgehead atoms. The monoisotopic (exact) mass is 531 g/mol. The van der Waals surface area contributed by atoms with Gasteiger partial charge in [-0.3, -0.25) is 13.9 Å². The predicted molar refractivity (Wildman–Crippen MR) is 148 cm³/mol. The summed E-state index contributed by atoms with van der Waals surface area (Å²) in [6.07, 6.45) is 3.41. The lowest BCUT2D eigenvalue weighted by Gasteiger charge is -2.29. The molecule has 0 radical (unpaired) electrons. The fraction of sp³-hybridized carbons (Fsp3) is 0.500. The van der Waals surface area contributed by atoms with Crippen LogP contribution < -0.4 is 14.4 Å². The third-order valence-electron chi connectivity index (χ3n) is 6.41. The number of hydrogen-bond donors (Lipinski definition) is 1. The van der Waals surface area contributed by atoms with Crippen LogP contribution in [0, 0.1) is 13.8 Å². The summed E-state index contributed by atoms with van der Waals surface area (Å²) in [4.78, 5) is 27.8. The number of methoxy groups -OCH3 is 1. The number of unbranched alkanes of at least 4 members (excludes halogenated alkanes) is 1. The van der Waals surface area contributed by atoms with Gasteiger partial charge in [0.1, 0.15) is 11.8 Å². The summed E-state index contributed by atoms with van der Waals surface area (Å²) in [5, 5.41) is 2.91. The van der Waals surface area contributed by atoms with E-state index in [1.54, 1.807) is 25.0 Å². The Morgan fingerprint density at radius 2 is 1.78 bits per heavy atom. The predicted octanol–water partition coefficient (Wildman–Crippen LogP) is 4.19. The number of aryl methyl sites for hydroxylation is 2. The van der Waals surface area contributed by atoms with Gasteiger partial charge in [-0.05, 0) is 74.6 Å². The molecule has 0 aliphatic heterocycles. The van der Waals surface area contributed by atoms with E-state index in [9.17, 15) is 18.0 Å². The summed E-state index contributed by atoms with van der Waals surface area (Å²) >= 11 is 0. The molecular formula is C28H41N3O5S. The molecule has 1 N–H and O–H groups in total. The Bertz CT molecular complexity index is 1170. The van der Waals surface area contributed by atoms with Crippen LogP contribution >= 0.6 is 0 Å². The molecule has 0 aliphatic carbocycles. The second-order valence-corrected chi connectivity index (χ2v) is 11.3. The molecule has 2 aromatic carbocycles. The minimum absolute atomic E-state index is 0.105. The molecule has 0 heterocycles. The Morgan fingerprint density at radius 3 is 2.41 bits per heavy atom. The highest BCUT2D eigenvalue weighted by Gasteiger charge is 2.26. The summed E-state index contributed by atoms with van der Waals surface area (Å²) < 4.78 is 31.7. The summed E-state index contributed by atoms with van der Waals surface area (Å²) in [5.74, 6) is 0.245. The van der Waals surface area contributed by atoms with Crippen molar-refractivity contribution in [2.45, 2.75) is 66.0 Å². The normalized spacial score (nSPS) is 12.1. The average molecular weight is 532 g/mol. The molecule has 37 heavy (non-hydrogen) atoms. The zero-order valence-corrected chi connectivity index (χ0v) is 23.7. The maximum atomic E-state index is 13.4. The smallest absolute Gasteiger partial charge is 0.242 e. The number of nitrogens with zero attached hydrogens (tertiary/aromatic N) is 2. The minimum Gasteiger partial charge on any atom is -0.497 e. The number of anilines is 1. The van der Waals surface area contributed by atoms with Gasteiger partial charge < -0.3 is 15.0 Å². The highest BCUT2D eigenvalue weighted by Crippen LogP contribution is 2.22. The van der Waals surface area contributed by atoms with Gasteiger partial charge in [0, 0.05) is 26.1 Å². The molecule has 0 aromatic heterocycles. The van der Waals surface area contributed by atoms with E-state index in [1.807, 2.05) is 57.2 Å². The number of carbonyl (C=O) groups is 2. The van der Waals surface area contributed by atoms with Crippen molar-refractivity contribution in [1.29, 1.82) is 0 Å². The number of amides is 2. The molecule has 9 heteroatoms. The average Bonchev–Trinajstić information content (AvgIpc) is 2.85. The first-order chi connectivity index (χ1) is 17.5. The Kier molecular flexibility index (Phi) is 11.4. The van der Waals surface area contributed by atoms with Crippen LogP contribution in [0.3, 0.4) is 0 Å². The van der Waals surface area contributed by atoms with Crippen molar-refractivity contribution >= 4 is 27.5 Å². The number of carbonyl (C=O) groups excluding carboxylic acids is 2. The van der Waals surface area contributed by atoms with Crippen molar-refractivity contribution in [2.75, 3.05) is 30.8 Å². The maximum Gasteiger partial charge on any atom is 0.242 e. The van der Waals surface area contributed by atoms with E-state index >= 15 is 0 Å². The van der Waals surface area contributed by atoms with Crippen LogP contribution in [0.15, 0.2) is 42.5 Å². The van der Waals surface area contributed by atoms with Crippen LogP contribution in [0.25, 0.3) is 0 Å². The third-order valence-corrected chi connectivity index (χ3v) is 7.61. The lowest BCUT2D eigenvalue weighted by Crippen LogP contribution is -2.48. The fourth-order valence-electron chi connectivity index (χ4n) is 3.97. The highest BCUT2D eigenvalue weighted by molar-refractivity contribution is 7.92. The summed E-state index contributed by atoms with van der Waals surface area (Å²) in [6.45, 7) is 8.64. The lowest BCUT2D eigenvalue weighted by molar-refractivity contribution is -0.140. The van der Waals surface area contributed by atoms with E-state index in [4.69, 9.17) is 4.74 Å². The van der Waals surface area contributed by atoms with Crippen LogP contribution in [0.2, 0.25) is 0 Å². The zero-order valence-electron chi connectivity index (χ0n) is 22.9. The largest absolute Gasteiger partial charge is 0.497 e. The first kappa shape index (κ1) is 30.2. The lowest BCUT2D eigenvalue weighted by atomic mass is 10.1. The van der Waals surface area contributed by atoms with Gasteiger partial charge in [-0.25, -0.2) is 8.42 Å². The van der Waals surface area contributed by atoms with E-state index in [-0.39, 0.29) is 31.3 Å². The molecule has 2 rings (SSSR count). The zero-order chi connectivity index (χ0) is 27.6. The number of rotatable bonds is 14. The summed E-state index contributed by atoms with van der Waals surface area (Å²) in [5.41, 5.74) is 3.49. The van der Waals surface area contributed by atoms with Gasteiger partial charge in [0.15, 0.2) is 0 Å². The van der Waals surface area contributed by atoms with Crippen molar-refractivity contribution < 1.29 is 22.7 Å². The topological polar surface area (TPSA) is 96.0 Å². The van der Waals surface area contributed by atoms with E-state index in [0.717, 1.165) is 29.5 Å². The van der Waals surface area contributed by atoms with Gasteiger partial charge >= 0.3 is 0 Å². The molecule has 204 valence electrons. The summed E-state index contributed by atoms with van der Waals surface area (Å²) in [7, 11) is -1.96. The first-order valence-electron chi connectivity index (χ1n) is 12.7. The van der Waals surface area contributed by atoms with Crippen molar-refractivity contribution in [3.63, 3.8) is 0 Å².